The number of rotatable bonds is 6. The zero-order valence-corrected chi connectivity index (χ0v) is 10.3. The van der Waals surface area contributed by atoms with E-state index in [-0.39, 0.29) is 0 Å². The molecule has 1 unspecified atom stereocenters. The second-order valence-corrected chi connectivity index (χ2v) is 4.52. The standard InChI is InChI=1S/C9H13BrO3S/c1-12-3-4-13-6-8(11)9-7(10)2-5-14-9/h2,5,8,11H,3-4,6H2,1H3. The van der Waals surface area contributed by atoms with E-state index in [9.17, 15) is 5.11 Å². The van der Waals surface area contributed by atoms with Gasteiger partial charge in [0.25, 0.3) is 0 Å². The highest BCUT2D eigenvalue weighted by Crippen LogP contribution is 2.28. The summed E-state index contributed by atoms with van der Waals surface area (Å²) in [5.74, 6) is 0. The second-order valence-electron chi connectivity index (χ2n) is 2.72. The topological polar surface area (TPSA) is 38.7 Å². The van der Waals surface area contributed by atoms with Crippen molar-refractivity contribution in [3.63, 3.8) is 0 Å². The van der Waals surface area contributed by atoms with E-state index in [1.807, 2.05) is 11.4 Å². The Kier molecular flexibility index (Phi) is 5.66. The van der Waals surface area contributed by atoms with Gasteiger partial charge in [0, 0.05) is 16.5 Å². The van der Waals surface area contributed by atoms with Gasteiger partial charge >= 0.3 is 0 Å². The summed E-state index contributed by atoms with van der Waals surface area (Å²) in [4.78, 5) is 0.905. The molecule has 0 aliphatic rings. The molecular formula is C9H13BrO3S. The van der Waals surface area contributed by atoms with Gasteiger partial charge in [-0.25, -0.2) is 0 Å². The molecule has 0 aromatic carbocycles. The van der Waals surface area contributed by atoms with Crippen molar-refractivity contribution in [3.8, 4) is 0 Å². The summed E-state index contributed by atoms with van der Waals surface area (Å²) in [6.45, 7) is 1.37. The fourth-order valence-electron chi connectivity index (χ4n) is 0.956. The molecule has 1 aromatic heterocycles. The number of hydrogen-bond donors (Lipinski definition) is 1. The first-order valence-electron chi connectivity index (χ1n) is 4.23. The smallest absolute Gasteiger partial charge is 0.113 e. The normalized spacial score (nSPS) is 13.1. The largest absolute Gasteiger partial charge is 0.385 e. The Balaban J connectivity index is 2.28. The second kappa shape index (κ2) is 6.53. The van der Waals surface area contributed by atoms with E-state index in [2.05, 4.69) is 15.9 Å². The zero-order valence-electron chi connectivity index (χ0n) is 7.90. The fraction of sp³-hybridized carbons (Fsp3) is 0.556. The van der Waals surface area contributed by atoms with Crippen LogP contribution in [0.15, 0.2) is 15.9 Å². The molecule has 1 atom stereocenters. The average Bonchev–Trinajstić information content (AvgIpc) is 2.59. The van der Waals surface area contributed by atoms with Crippen LogP contribution in [0, 0.1) is 0 Å². The van der Waals surface area contributed by atoms with E-state index in [0.29, 0.717) is 19.8 Å². The molecule has 0 radical (unpaired) electrons. The van der Waals surface area contributed by atoms with Gasteiger partial charge < -0.3 is 14.6 Å². The number of ether oxygens (including phenoxy) is 2. The summed E-state index contributed by atoms with van der Waals surface area (Å²) >= 11 is 4.87. The van der Waals surface area contributed by atoms with Gasteiger partial charge in [0.2, 0.25) is 0 Å². The Morgan fingerprint density at radius 2 is 2.36 bits per heavy atom. The Hall–Kier alpha value is 0.0600. The molecule has 1 aromatic rings. The lowest BCUT2D eigenvalue weighted by molar-refractivity contribution is 0.0137. The third-order valence-electron chi connectivity index (χ3n) is 1.65. The quantitative estimate of drug-likeness (QED) is 0.812. The molecule has 1 rings (SSSR count). The predicted molar refractivity (Wildman–Crippen MR) is 59.7 cm³/mol. The molecule has 3 nitrogen and oxygen atoms in total. The first-order valence-corrected chi connectivity index (χ1v) is 5.90. The van der Waals surface area contributed by atoms with Crippen LogP contribution in [0.2, 0.25) is 0 Å². The molecule has 1 heterocycles. The molecule has 0 aliphatic carbocycles. The summed E-state index contributed by atoms with van der Waals surface area (Å²) < 4.78 is 11.0. The van der Waals surface area contributed by atoms with Crippen LogP contribution in [-0.2, 0) is 9.47 Å². The molecule has 0 fully saturated rings. The van der Waals surface area contributed by atoms with Crippen molar-refractivity contribution in [3.05, 3.63) is 20.8 Å². The van der Waals surface area contributed by atoms with E-state index in [1.165, 1.54) is 11.3 Å². The van der Waals surface area contributed by atoms with Crippen molar-refractivity contribution in [1.82, 2.24) is 0 Å². The lowest BCUT2D eigenvalue weighted by atomic mass is 10.3. The Labute approximate surface area is 95.8 Å². The molecule has 80 valence electrons. The molecular weight excluding hydrogens is 268 g/mol. The molecule has 5 heteroatoms. The minimum absolute atomic E-state index is 0.308. The molecule has 0 bridgehead atoms. The van der Waals surface area contributed by atoms with Gasteiger partial charge in [0.1, 0.15) is 6.10 Å². The van der Waals surface area contributed by atoms with Crippen LogP contribution < -0.4 is 0 Å². The molecule has 0 saturated heterocycles. The molecule has 14 heavy (non-hydrogen) atoms. The van der Waals surface area contributed by atoms with Crippen LogP contribution in [0.4, 0.5) is 0 Å². The van der Waals surface area contributed by atoms with Crippen molar-refractivity contribution >= 4 is 27.3 Å². The fourth-order valence-corrected chi connectivity index (χ4v) is 2.56. The number of aliphatic hydroxyl groups excluding tert-OH is 1. The van der Waals surface area contributed by atoms with Crippen LogP contribution in [0.3, 0.4) is 0 Å². The lowest BCUT2D eigenvalue weighted by Gasteiger charge is -2.09. The Morgan fingerprint density at radius 3 is 2.93 bits per heavy atom. The van der Waals surface area contributed by atoms with Crippen LogP contribution in [0.1, 0.15) is 11.0 Å². The highest BCUT2D eigenvalue weighted by atomic mass is 79.9. The van der Waals surface area contributed by atoms with Gasteiger partial charge in [-0.05, 0) is 27.4 Å². The summed E-state index contributed by atoms with van der Waals surface area (Å²) in [6.07, 6.45) is -0.554. The first kappa shape index (κ1) is 12.1. The maximum atomic E-state index is 9.70. The van der Waals surface area contributed by atoms with Crippen molar-refractivity contribution in [2.45, 2.75) is 6.10 Å². The van der Waals surface area contributed by atoms with Gasteiger partial charge in [-0.1, -0.05) is 0 Å². The third-order valence-corrected chi connectivity index (χ3v) is 3.63. The van der Waals surface area contributed by atoms with E-state index >= 15 is 0 Å². The molecule has 0 aliphatic heterocycles. The van der Waals surface area contributed by atoms with Crippen LogP contribution in [0.25, 0.3) is 0 Å². The highest BCUT2D eigenvalue weighted by molar-refractivity contribution is 9.10. The lowest BCUT2D eigenvalue weighted by Crippen LogP contribution is -2.09. The Morgan fingerprint density at radius 1 is 1.57 bits per heavy atom. The monoisotopic (exact) mass is 280 g/mol. The van der Waals surface area contributed by atoms with E-state index < -0.39 is 6.10 Å². The number of methoxy groups -OCH3 is 1. The first-order chi connectivity index (χ1) is 6.75. The van der Waals surface area contributed by atoms with E-state index in [1.54, 1.807) is 7.11 Å². The van der Waals surface area contributed by atoms with Crippen molar-refractivity contribution in [2.75, 3.05) is 26.9 Å². The predicted octanol–water partition coefficient (Wildman–Crippen LogP) is 2.21. The van der Waals surface area contributed by atoms with Crippen LogP contribution >= 0.6 is 27.3 Å². The highest BCUT2D eigenvalue weighted by Gasteiger charge is 2.12. The maximum absolute atomic E-state index is 9.70. The van der Waals surface area contributed by atoms with E-state index in [4.69, 9.17) is 9.47 Å². The number of aliphatic hydroxyl groups is 1. The van der Waals surface area contributed by atoms with Crippen LogP contribution in [-0.4, -0.2) is 32.0 Å². The molecule has 0 saturated carbocycles. The van der Waals surface area contributed by atoms with Crippen LogP contribution in [0.5, 0.6) is 0 Å². The zero-order chi connectivity index (χ0) is 10.4. The molecule has 0 amide bonds. The van der Waals surface area contributed by atoms with Crippen molar-refractivity contribution in [2.24, 2.45) is 0 Å². The maximum Gasteiger partial charge on any atom is 0.113 e. The van der Waals surface area contributed by atoms with Gasteiger partial charge in [-0.2, -0.15) is 0 Å². The minimum Gasteiger partial charge on any atom is -0.385 e. The molecule has 0 spiro atoms. The summed E-state index contributed by atoms with van der Waals surface area (Å²) in [5.41, 5.74) is 0. The summed E-state index contributed by atoms with van der Waals surface area (Å²) in [6, 6.07) is 1.92. The van der Waals surface area contributed by atoms with Gasteiger partial charge in [0.15, 0.2) is 0 Å². The third kappa shape index (κ3) is 3.67. The van der Waals surface area contributed by atoms with Crippen molar-refractivity contribution in [1.29, 1.82) is 0 Å². The van der Waals surface area contributed by atoms with Gasteiger partial charge in [0.05, 0.1) is 19.8 Å². The van der Waals surface area contributed by atoms with Crippen molar-refractivity contribution < 1.29 is 14.6 Å². The summed E-state index contributed by atoms with van der Waals surface area (Å²) in [5, 5.41) is 11.6. The molecule has 1 N–H and O–H groups in total. The van der Waals surface area contributed by atoms with Gasteiger partial charge in [-0.3, -0.25) is 0 Å². The average molecular weight is 281 g/mol. The number of hydrogen-bond acceptors (Lipinski definition) is 4. The summed E-state index contributed by atoms with van der Waals surface area (Å²) in [7, 11) is 1.62. The number of thiophene rings is 1. The van der Waals surface area contributed by atoms with Gasteiger partial charge in [-0.15, -0.1) is 11.3 Å². The van der Waals surface area contributed by atoms with E-state index in [0.717, 1.165) is 9.35 Å². The Bertz CT molecular complexity index is 264. The minimum atomic E-state index is -0.554. The SMILES string of the molecule is COCCOCC(O)c1sccc1Br. The number of halogens is 1.